The summed E-state index contributed by atoms with van der Waals surface area (Å²) < 4.78 is 0. The second-order valence-electron chi connectivity index (χ2n) is 20.0. The van der Waals surface area contributed by atoms with Gasteiger partial charge >= 0.3 is 0 Å². The monoisotopic (exact) mass is 1020 g/mol. The summed E-state index contributed by atoms with van der Waals surface area (Å²) in [6.07, 6.45) is 0. The first-order chi connectivity index (χ1) is 31.8. The van der Waals surface area contributed by atoms with Gasteiger partial charge in [-0.15, -0.1) is 13.2 Å². The van der Waals surface area contributed by atoms with Crippen molar-refractivity contribution in [1.29, 1.82) is 0 Å². The molecule has 0 fully saturated rings. The summed E-state index contributed by atoms with van der Waals surface area (Å²) in [6.45, 7) is 36.4. The average Bonchev–Trinajstić information content (AvgIpc) is 3.29. The van der Waals surface area contributed by atoms with Crippen LogP contribution in [0.2, 0.25) is 0 Å². The fraction of sp³-hybridized carbons (Fsp3) is 0.367. The fourth-order valence-corrected chi connectivity index (χ4v) is 6.50. The molecule has 0 N–H and O–H groups in total. The van der Waals surface area contributed by atoms with Gasteiger partial charge in [0.2, 0.25) is 0 Å². The van der Waals surface area contributed by atoms with E-state index >= 15 is 0 Å². The van der Waals surface area contributed by atoms with Crippen LogP contribution in [0.1, 0.15) is 137 Å². The Labute approximate surface area is 442 Å². The van der Waals surface area contributed by atoms with Crippen LogP contribution in [-0.4, -0.2) is 46.0 Å². The maximum absolute atomic E-state index is 9.95. The Hall–Kier alpha value is -5.18. The molecule has 8 nitrogen and oxygen atoms in total. The van der Waals surface area contributed by atoms with E-state index in [2.05, 4.69) is 128 Å². The standard InChI is InChI=1S/2C25H27N3.2C5H11O.2Fe/c2*1-16-10-7-11-17(2)24(16)26-20(5)22-14-9-15-23(28-22)21(6)27-25-18(3)12-8-13-19(25)4;2*1-5(2,3)4-6;;/h2*7-15H,1-6H3;2*4H2,1-3H3;;/q;;2*-1;;. The van der Waals surface area contributed by atoms with E-state index in [9.17, 15) is 10.2 Å². The van der Waals surface area contributed by atoms with Crippen molar-refractivity contribution in [2.45, 2.75) is 125 Å². The molecule has 376 valence electrons. The van der Waals surface area contributed by atoms with Crippen LogP contribution in [0.5, 0.6) is 0 Å². The average molecular weight is 1020 g/mol. The number of para-hydroxylation sites is 4. The molecule has 0 amide bonds. The topological polar surface area (TPSA) is 121 Å². The van der Waals surface area contributed by atoms with Crippen molar-refractivity contribution in [2.24, 2.45) is 30.8 Å². The Morgan fingerprint density at radius 2 is 0.486 bits per heavy atom. The Morgan fingerprint density at radius 1 is 0.343 bits per heavy atom. The number of aromatic nitrogens is 2. The minimum Gasteiger partial charge on any atom is -0.854 e. The van der Waals surface area contributed by atoms with E-state index in [-0.39, 0.29) is 58.2 Å². The minimum atomic E-state index is -0.0139. The van der Waals surface area contributed by atoms with Crippen LogP contribution in [0.25, 0.3) is 0 Å². The molecule has 10 heteroatoms. The third kappa shape index (κ3) is 20.3. The molecule has 6 rings (SSSR count). The number of pyridine rings is 2. The summed E-state index contributed by atoms with van der Waals surface area (Å²) in [5, 5.41) is 19.9. The van der Waals surface area contributed by atoms with Crippen LogP contribution in [0.3, 0.4) is 0 Å². The molecule has 0 saturated carbocycles. The smallest absolute Gasteiger partial charge is 0.0849 e. The summed E-state index contributed by atoms with van der Waals surface area (Å²) in [5.74, 6) is 0. The zero-order chi connectivity index (χ0) is 50.9. The predicted molar refractivity (Wildman–Crippen MR) is 288 cm³/mol. The van der Waals surface area contributed by atoms with Gasteiger partial charge < -0.3 is 10.2 Å². The maximum Gasteiger partial charge on any atom is 0.0849 e. The fourth-order valence-electron chi connectivity index (χ4n) is 6.50. The number of rotatable bonds is 8. The van der Waals surface area contributed by atoms with Crippen LogP contribution in [0.4, 0.5) is 22.7 Å². The van der Waals surface area contributed by atoms with Gasteiger partial charge in [0, 0.05) is 34.1 Å². The molecule has 0 aliphatic heterocycles. The molecule has 0 unspecified atom stereocenters. The summed E-state index contributed by atoms with van der Waals surface area (Å²) in [7, 11) is 0. The van der Waals surface area contributed by atoms with Crippen LogP contribution >= 0.6 is 0 Å². The van der Waals surface area contributed by atoms with Gasteiger partial charge in [-0.05, 0) is 152 Å². The maximum atomic E-state index is 9.95. The van der Waals surface area contributed by atoms with Crippen molar-refractivity contribution in [3.8, 4) is 0 Å². The van der Waals surface area contributed by atoms with Crippen molar-refractivity contribution >= 4 is 45.6 Å². The van der Waals surface area contributed by atoms with Crippen molar-refractivity contribution in [3.63, 3.8) is 0 Å². The molecular weight excluding hydrogens is 948 g/mol. The van der Waals surface area contributed by atoms with Gasteiger partial charge in [-0.1, -0.05) is 137 Å². The molecule has 0 bridgehead atoms. The zero-order valence-corrected chi connectivity index (χ0v) is 47.2. The van der Waals surface area contributed by atoms with E-state index in [0.29, 0.717) is 0 Å². The molecule has 0 saturated heterocycles. The van der Waals surface area contributed by atoms with E-state index in [4.69, 9.17) is 29.9 Å². The summed E-state index contributed by atoms with van der Waals surface area (Å²) in [6, 6.07) is 37.0. The largest absolute Gasteiger partial charge is 0.854 e. The Balaban J connectivity index is 0.000000555. The van der Waals surface area contributed by atoms with Gasteiger partial charge in [0.25, 0.3) is 0 Å². The number of benzene rings is 4. The quantitative estimate of drug-likeness (QED) is 0.111. The number of aryl methyl sites for hydroxylation is 8. The zero-order valence-electron chi connectivity index (χ0n) is 45.0. The van der Waals surface area contributed by atoms with Gasteiger partial charge in [-0.3, -0.25) is 20.0 Å². The molecule has 6 aromatic rings. The predicted octanol–water partition coefficient (Wildman–Crippen LogP) is 14.0. The first kappa shape index (κ1) is 62.8. The Bertz CT molecular complexity index is 2320. The third-order valence-electron chi connectivity index (χ3n) is 10.7. The molecule has 4 aromatic carbocycles. The second kappa shape index (κ2) is 29.2. The van der Waals surface area contributed by atoms with Crippen LogP contribution in [0, 0.1) is 66.2 Å². The number of aliphatic imine (C=N–C) groups is 4. The number of hydrogen-bond donors (Lipinski definition) is 0. The van der Waals surface area contributed by atoms with E-state index in [1.165, 1.54) is 44.5 Å². The number of hydrogen-bond acceptors (Lipinski definition) is 8. The Kier molecular flexibility index (Phi) is 26.2. The molecule has 0 spiro atoms. The van der Waals surface area contributed by atoms with Crippen LogP contribution < -0.4 is 10.2 Å². The van der Waals surface area contributed by atoms with Crippen molar-refractivity contribution in [2.75, 3.05) is 13.2 Å². The summed E-state index contributed by atoms with van der Waals surface area (Å²) >= 11 is 0. The molecule has 0 aliphatic carbocycles. The van der Waals surface area contributed by atoms with E-state index in [1.54, 1.807) is 0 Å². The Morgan fingerprint density at radius 3 is 0.629 bits per heavy atom. The number of nitrogens with zero attached hydrogens (tertiary/aromatic N) is 6. The minimum absolute atomic E-state index is 0. The third-order valence-corrected chi connectivity index (χ3v) is 10.7. The van der Waals surface area contributed by atoms with Crippen LogP contribution in [0.15, 0.2) is 129 Å². The van der Waals surface area contributed by atoms with Crippen molar-refractivity contribution in [1.82, 2.24) is 9.97 Å². The normalized spacial score (nSPS) is 11.9. The van der Waals surface area contributed by atoms with E-state index in [0.717, 1.165) is 68.4 Å². The van der Waals surface area contributed by atoms with Gasteiger partial charge in [-0.2, -0.15) is 0 Å². The molecule has 2 heterocycles. The van der Waals surface area contributed by atoms with Gasteiger partial charge in [0.15, 0.2) is 0 Å². The first-order valence-electron chi connectivity index (χ1n) is 23.4. The summed E-state index contributed by atoms with van der Waals surface area (Å²) in [5.41, 5.74) is 20.5. The SMILES string of the molecule is CC(=Nc1c(C)cccc1C)c1cccc(C(C)=Nc2c(C)cccc2C)n1.CC(=Nc1c(C)cccc1C)c1cccc(C(C)=Nc2c(C)cccc2C)n1.CC(C)(C)C[O-].CC(C)(C)C[O-].[Fe].[Fe]. The van der Waals surface area contributed by atoms with Crippen LogP contribution in [-0.2, 0) is 34.1 Å². The molecule has 70 heavy (non-hydrogen) atoms. The van der Waals surface area contributed by atoms with Gasteiger partial charge in [0.1, 0.15) is 0 Å². The van der Waals surface area contributed by atoms with Gasteiger partial charge in [0.05, 0.1) is 68.4 Å². The van der Waals surface area contributed by atoms with Gasteiger partial charge in [-0.25, -0.2) is 9.97 Å². The van der Waals surface area contributed by atoms with Crippen molar-refractivity contribution in [3.05, 3.63) is 176 Å². The van der Waals surface area contributed by atoms with E-state index < -0.39 is 0 Å². The first-order valence-corrected chi connectivity index (χ1v) is 23.4. The van der Waals surface area contributed by atoms with E-state index in [1.807, 2.05) is 106 Å². The molecule has 2 aromatic heterocycles. The molecule has 0 atom stereocenters. The summed E-state index contributed by atoms with van der Waals surface area (Å²) in [4.78, 5) is 29.1. The molecular formula is C60H76Fe2N6O2-2. The molecule has 0 aliphatic rings. The second-order valence-corrected chi connectivity index (χ2v) is 20.0. The van der Waals surface area contributed by atoms with Crippen molar-refractivity contribution < 1.29 is 44.4 Å². The molecule has 0 radical (unpaired) electrons.